The number of ketones is 2. The van der Waals surface area contributed by atoms with E-state index in [4.69, 9.17) is 0 Å². The Labute approximate surface area is 240 Å². The summed E-state index contributed by atoms with van der Waals surface area (Å²) < 4.78 is 0.950. The van der Waals surface area contributed by atoms with E-state index in [-0.39, 0.29) is 22.7 Å². The van der Waals surface area contributed by atoms with E-state index in [1.807, 2.05) is 54.6 Å². The zero-order valence-electron chi connectivity index (χ0n) is 22.8. The van der Waals surface area contributed by atoms with Crippen LogP contribution in [0.3, 0.4) is 0 Å². The summed E-state index contributed by atoms with van der Waals surface area (Å²) in [6.45, 7) is 4.65. The van der Waals surface area contributed by atoms with E-state index in [1.165, 1.54) is 5.57 Å². The summed E-state index contributed by atoms with van der Waals surface area (Å²) >= 11 is 3.40. The Kier molecular flexibility index (Phi) is 6.92. The fourth-order valence-electron chi connectivity index (χ4n) is 8.23. The SMILES string of the molecule is C[C@]12CC[C@H](O)CC1=CCC1C2CC[C@]2(C)C(=O)/C(=C/c3ccc(/C=C/C(=O)c4ccc(Br)cc4)cc3)CC12. The highest BCUT2D eigenvalue weighted by Crippen LogP contribution is 2.64. The zero-order chi connectivity index (χ0) is 27.4. The Morgan fingerprint density at radius 1 is 0.923 bits per heavy atom. The van der Waals surface area contributed by atoms with Crippen LogP contribution in [-0.2, 0) is 4.79 Å². The fourth-order valence-corrected chi connectivity index (χ4v) is 8.49. The number of hydrogen-bond donors (Lipinski definition) is 1. The van der Waals surface area contributed by atoms with E-state index >= 15 is 0 Å². The van der Waals surface area contributed by atoms with Crippen molar-refractivity contribution in [3.05, 3.63) is 93.0 Å². The number of halogens is 1. The highest BCUT2D eigenvalue weighted by Gasteiger charge is 2.59. The van der Waals surface area contributed by atoms with Gasteiger partial charge in [0.2, 0.25) is 0 Å². The van der Waals surface area contributed by atoms with E-state index in [9.17, 15) is 14.7 Å². The minimum Gasteiger partial charge on any atom is -0.393 e. The van der Waals surface area contributed by atoms with Gasteiger partial charge in [-0.15, -0.1) is 0 Å². The molecule has 1 N–H and O–H groups in total. The standard InChI is InChI=1S/C35H37BrO3/c1-34-17-15-28(37)21-26(34)10-13-29-30(34)16-18-35(2)31(29)20-25(33(35)39)19-23-5-3-22(4-6-23)7-14-32(38)24-8-11-27(36)12-9-24/h3-12,14,19,28-31,37H,13,15-18,20-21H2,1-2H3/b14-7+,25-19+/t28-,29?,30?,31?,34-,35-/m0/s1. The van der Waals surface area contributed by atoms with Crippen LogP contribution < -0.4 is 0 Å². The Bertz CT molecular complexity index is 1380. The van der Waals surface area contributed by atoms with Gasteiger partial charge in [0.15, 0.2) is 11.6 Å². The number of allylic oxidation sites excluding steroid dienone is 3. The Morgan fingerprint density at radius 3 is 2.36 bits per heavy atom. The molecule has 2 aromatic carbocycles. The Hall–Kier alpha value is -2.56. The highest BCUT2D eigenvalue weighted by atomic mass is 79.9. The average Bonchev–Trinajstić information content (AvgIpc) is 3.18. The molecule has 4 aliphatic rings. The zero-order valence-corrected chi connectivity index (χ0v) is 24.4. The fraction of sp³-hybridized carbons (Fsp3) is 0.429. The second-order valence-electron chi connectivity index (χ2n) is 12.7. The predicted molar refractivity (Wildman–Crippen MR) is 160 cm³/mol. The molecular weight excluding hydrogens is 548 g/mol. The van der Waals surface area contributed by atoms with Crippen LogP contribution in [0, 0.1) is 28.6 Å². The molecule has 0 saturated heterocycles. The average molecular weight is 586 g/mol. The lowest BCUT2D eigenvalue weighted by atomic mass is 9.48. The van der Waals surface area contributed by atoms with E-state index in [0.717, 1.165) is 66.1 Å². The number of aliphatic hydroxyl groups excluding tert-OH is 1. The van der Waals surface area contributed by atoms with Crippen molar-refractivity contribution < 1.29 is 14.7 Å². The van der Waals surface area contributed by atoms with Crippen molar-refractivity contribution in [3.63, 3.8) is 0 Å². The van der Waals surface area contributed by atoms with Crippen LogP contribution >= 0.6 is 15.9 Å². The van der Waals surface area contributed by atoms with E-state index in [0.29, 0.717) is 29.1 Å². The summed E-state index contributed by atoms with van der Waals surface area (Å²) in [6, 6.07) is 15.5. The maximum absolute atomic E-state index is 13.8. The van der Waals surface area contributed by atoms with Crippen LogP contribution in [0.1, 0.15) is 80.3 Å². The van der Waals surface area contributed by atoms with Gasteiger partial charge in [-0.2, -0.15) is 0 Å². The van der Waals surface area contributed by atoms with Gasteiger partial charge in [-0.05, 0) is 121 Å². The lowest BCUT2D eigenvalue weighted by Crippen LogP contribution is -2.50. The van der Waals surface area contributed by atoms with Crippen molar-refractivity contribution in [2.45, 2.75) is 64.9 Å². The summed E-state index contributed by atoms with van der Waals surface area (Å²) in [7, 11) is 0. The lowest BCUT2D eigenvalue weighted by Gasteiger charge is -2.56. The predicted octanol–water partition coefficient (Wildman–Crippen LogP) is 8.23. The van der Waals surface area contributed by atoms with Crippen LogP contribution in [-0.4, -0.2) is 22.8 Å². The van der Waals surface area contributed by atoms with Gasteiger partial charge in [-0.25, -0.2) is 0 Å². The van der Waals surface area contributed by atoms with Crippen molar-refractivity contribution in [1.82, 2.24) is 0 Å². The van der Waals surface area contributed by atoms with E-state index in [1.54, 1.807) is 6.08 Å². The molecule has 0 bridgehead atoms. The van der Waals surface area contributed by atoms with Gasteiger partial charge in [0, 0.05) is 15.5 Å². The summed E-state index contributed by atoms with van der Waals surface area (Å²) in [6.07, 6.45) is 14.6. The monoisotopic (exact) mass is 584 g/mol. The lowest BCUT2D eigenvalue weighted by molar-refractivity contribution is -0.130. The third kappa shape index (κ3) is 4.74. The molecule has 2 aromatic rings. The number of rotatable bonds is 4. The number of benzene rings is 2. The number of Topliss-reactive ketones (excluding diaryl/α,β-unsaturated/α-hetero) is 1. The molecule has 0 aliphatic heterocycles. The molecule has 6 rings (SSSR count). The Morgan fingerprint density at radius 2 is 1.62 bits per heavy atom. The molecule has 0 amide bonds. The van der Waals surface area contributed by atoms with Gasteiger partial charge in [-0.3, -0.25) is 9.59 Å². The second kappa shape index (κ2) is 10.1. The van der Waals surface area contributed by atoms with Crippen molar-refractivity contribution in [1.29, 1.82) is 0 Å². The maximum Gasteiger partial charge on any atom is 0.185 e. The van der Waals surface area contributed by atoms with Gasteiger partial charge >= 0.3 is 0 Å². The first kappa shape index (κ1) is 26.7. The van der Waals surface area contributed by atoms with Crippen LogP contribution in [0.4, 0.5) is 0 Å². The molecule has 0 spiro atoms. The summed E-state index contributed by atoms with van der Waals surface area (Å²) in [5, 5.41) is 10.3. The van der Waals surface area contributed by atoms with Crippen molar-refractivity contribution in [2.24, 2.45) is 28.6 Å². The number of carbonyl (C=O) groups is 2. The van der Waals surface area contributed by atoms with Gasteiger partial charge in [0.05, 0.1) is 6.10 Å². The summed E-state index contributed by atoms with van der Waals surface area (Å²) in [5.41, 5.74) is 5.01. The quantitative estimate of drug-likeness (QED) is 0.223. The molecule has 39 heavy (non-hydrogen) atoms. The molecule has 3 unspecified atom stereocenters. The van der Waals surface area contributed by atoms with Gasteiger partial charge in [-0.1, -0.05) is 71.8 Å². The minimum atomic E-state index is -0.265. The van der Waals surface area contributed by atoms with Crippen molar-refractivity contribution >= 4 is 39.6 Å². The van der Waals surface area contributed by atoms with Gasteiger partial charge < -0.3 is 5.11 Å². The maximum atomic E-state index is 13.8. The van der Waals surface area contributed by atoms with Crippen molar-refractivity contribution in [2.75, 3.05) is 0 Å². The smallest absolute Gasteiger partial charge is 0.185 e. The third-order valence-electron chi connectivity index (χ3n) is 10.6. The van der Waals surface area contributed by atoms with Crippen LogP contribution in [0.2, 0.25) is 0 Å². The first-order valence-corrected chi connectivity index (χ1v) is 15.2. The number of fused-ring (bicyclic) bond motifs is 5. The second-order valence-corrected chi connectivity index (χ2v) is 13.6. The first-order chi connectivity index (χ1) is 18.7. The minimum absolute atomic E-state index is 0.0256. The molecule has 6 atom stereocenters. The molecule has 202 valence electrons. The molecule has 3 saturated carbocycles. The van der Waals surface area contributed by atoms with Crippen molar-refractivity contribution in [3.8, 4) is 0 Å². The number of hydrogen-bond acceptors (Lipinski definition) is 3. The molecule has 4 aliphatic carbocycles. The molecular formula is C35H37BrO3. The van der Waals surface area contributed by atoms with E-state index < -0.39 is 0 Å². The molecule has 3 fully saturated rings. The first-order valence-electron chi connectivity index (χ1n) is 14.4. The number of aliphatic hydroxyl groups is 1. The number of carbonyl (C=O) groups excluding carboxylic acids is 2. The third-order valence-corrected chi connectivity index (χ3v) is 11.1. The molecule has 0 heterocycles. The molecule has 0 radical (unpaired) electrons. The molecule has 0 aromatic heterocycles. The topological polar surface area (TPSA) is 54.4 Å². The van der Waals surface area contributed by atoms with Crippen LogP contribution in [0.25, 0.3) is 12.2 Å². The highest BCUT2D eigenvalue weighted by molar-refractivity contribution is 9.10. The summed E-state index contributed by atoms with van der Waals surface area (Å²) in [5.74, 6) is 1.86. The van der Waals surface area contributed by atoms with Gasteiger partial charge in [0.25, 0.3) is 0 Å². The van der Waals surface area contributed by atoms with Gasteiger partial charge in [0.1, 0.15) is 0 Å². The van der Waals surface area contributed by atoms with E-state index in [2.05, 4.69) is 41.9 Å². The van der Waals surface area contributed by atoms with Crippen LogP contribution in [0.15, 0.2) is 76.3 Å². The molecule has 3 nitrogen and oxygen atoms in total. The molecule has 4 heteroatoms. The summed E-state index contributed by atoms with van der Waals surface area (Å²) in [4.78, 5) is 26.2. The Balaban J connectivity index is 1.18. The van der Waals surface area contributed by atoms with Crippen LogP contribution in [0.5, 0.6) is 0 Å². The normalized spacial score (nSPS) is 34.9. The largest absolute Gasteiger partial charge is 0.393 e.